The van der Waals surface area contributed by atoms with Gasteiger partial charge in [-0.25, -0.2) is 0 Å². The van der Waals surface area contributed by atoms with E-state index in [-0.39, 0.29) is 11.9 Å². The van der Waals surface area contributed by atoms with Crippen LogP contribution in [0.1, 0.15) is 25.8 Å². The van der Waals surface area contributed by atoms with Crippen LogP contribution in [0.2, 0.25) is 0 Å². The van der Waals surface area contributed by atoms with Gasteiger partial charge >= 0.3 is 0 Å². The Morgan fingerprint density at radius 1 is 1.21 bits per heavy atom. The molecule has 1 aromatic rings. The number of ether oxygens (including phenoxy) is 1. The number of amides is 1. The van der Waals surface area contributed by atoms with Crippen LogP contribution < -0.4 is 5.32 Å². The van der Waals surface area contributed by atoms with Gasteiger partial charge in [-0.3, -0.25) is 4.79 Å². The number of rotatable bonds is 9. The normalized spacial score (nSPS) is 17.9. The molecular weight excluding hydrogens is 302 g/mol. The van der Waals surface area contributed by atoms with Crippen molar-refractivity contribution < 1.29 is 9.53 Å². The molecule has 1 amide bonds. The topological polar surface area (TPSA) is 44.8 Å². The third-order valence-corrected chi connectivity index (χ3v) is 4.57. The van der Waals surface area contributed by atoms with Gasteiger partial charge < -0.3 is 19.9 Å². The predicted molar refractivity (Wildman–Crippen MR) is 96.9 cm³/mol. The first-order valence-corrected chi connectivity index (χ1v) is 9.08. The van der Waals surface area contributed by atoms with Crippen molar-refractivity contribution in [3.05, 3.63) is 35.9 Å². The Morgan fingerprint density at radius 3 is 2.58 bits per heavy atom. The van der Waals surface area contributed by atoms with Crippen molar-refractivity contribution in [1.29, 1.82) is 0 Å². The molecule has 0 aromatic heterocycles. The Kier molecular flexibility index (Phi) is 8.22. The molecule has 1 aliphatic heterocycles. The van der Waals surface area contributed by atoms with Gasteiger partial charge in [0.15, 0.2) is 0 Å². The van der Waals surface area contributed by atoms with Crippen LogP contribution in [0.25, 0.3) is 0 Å². The monoisotopic (exact) mass is 333 g/mol. The molecule has 0 saturated carbocycles. The quantitative estimate of drug-likeness (QED) is 0.748. The van der Waals surface area contributed by atoms with E-state index in [0.717, 1.165) is 39.3 Å². The lowest BCUT2D eigenvalue weighted by Gasteiger charge is -2.29. The molecule has 1 aromatic carbocycles. The molecule has 0 spiro atoms. The van der Waals surface area contributed by atoms with Crippen LogP contribution in [-0.2, 0) is 16.1 Å². The molecule has 1 fully saturated rings. The van der Waals surface area contributed by atoms with Crippen LogP contribution in [0, 0.1) is 0 Å². The van der Waals surface area contributed by atoms with E-state index in [1.807, 2.05) is 23.1 Å². The summed E-state index contributed by atoms with van der Waals surface area (Å²) in [5, 5.41) is 3.37. The highest BCUT2D eigenvalue weighted by Crippen LogP contribution is 2.09. The SMILES string of the molecule is CCN(CC)CCN(Cc1ccccc1)C(=O)CC1COCCN1. The average molecular weight is 333 g/mol. The Hall–Kier alpha value is -1.43. The molecule has 1 N–H and O–H groups in total. The second-order valence-electron chi connectivity index (χ2n) is 6.26. The van der Waals surface area contributed by atoms with E-state index in [0.29, 0.717) is 19.6 Å². The molecule has 0 radical (unpaired) electrons. The van der Waals surface area contributed by atoms with Gasteiger partial charge in [0.25, 0.3) is 0 Å². The van der Waals surface area contributed by atoms with E-state index in [9.17, 15) is 4.79 Å². The van der Waals surface area contributed by atoms with Crippen molar-refractivity contribution in [2.24, 2.45) is 0 Å². The highest BCUT2D eigenvalue weighted by Gasteiger charge is 2.21. The number of carbonyl (C=O) groups excluding carboxylic acids is 1. The molecule has 134 valence electrons. The van der Waals surface area contributed by atoms with Crippen LogP contribution in [0.15, 0.2) is 30.3 Å². The van der Waals surface area contributed by atoms with Crippen molar-refractivity contribution in [1.82, 2.24) is 15.1 Å². The fourth-order valence-electron chi connectivity index (χ4n) is 2.99. The number of carbonyl (C=O) groups is 1. The lowest BCUT2D eigenvalue weighted by atomic mass is 10.1. The zero-order valence-corrected chi connectivity index (χ0v) is 15.0. The molecular formula is C19H31N3O2. The molecule has 1 saturated heterocycles. The van der Waals surface area contributed by atoms with E-state index in [1.54, 1.807) is 0 Å². The van der Waals surface area contributed by atoms with Gasteiger partial charge in [0.1, 0.15) is 0 Å². The van der Waals surface area contributed by atoms with Crippen LogP contribution in [-0.4, -0.2) is 67.7 Å². The third kappa shape index (κ3) is 6.23. The van der Waals surface area contributed by atoms with Crippen LogP contribution in [0.5, 0.6) is 0 Å². The molecule has 2 rings (SSSR count). The van der Waals surface area contributed by atoms with Crippen LogP contribution in [0.4, 0.5) is 0 Å². The maximum Gasteiger partial charge on any atom is 0.224 e. The van der Waals surface area contributed by atoms with Crippen molar-refractivity contribution in [3.63, 3.8) is 0 Å². The number of benzene rings is 1. The van der Waals surface area contributed by atoms with Gasteiger partial charge in [0.2, 0.25) is 5.91 Å². The Balaban J connectivity index is 1.95. The Labute approximate surface area is 146 Å². The summed E-state index contributed by atoms with van der Waals surface area (Å²) in [6.45, 7) is 10.9. The average Bonchev–Trinajstić information content (AvgIpc) is 2.63. The first-order valence-electron chi connectivity index (χ1n) is 9.08. The maximum atomic E-state index is 12.8. The van der Waals surface area contributed by atoms with E-state index < -0.39 is 0 Å². The summed E-state index contributed by atoms with van der Waals surface area (Å²) in [4.78, 5) is 17.2. The molecule has 5 nitrogen and oxygen atoms in total. The number of nitrogens with one attached hydrogen (secondary N) is 1. The summed E-state index contributed by atoms with van der Waals surface area (Å²) in [5.74, 6) is 0.203. The summed E-state index contributed by atoms with van der Waals surface area (Å²) < 4.78 is 5.47. The molecule has 24 heavy (non-hydrogen) atoms. The zero-order chi connectivity index (χ0) is 17.2. The predicted octanol–water partition coefficient (Wildman–Crippen LogP) is 1.74. The van der Waals surface area contributed by atoms with Crippen molar-refractivity contribution in [3.8, 4) is 0 Å². The zero-order valence-electron chi connectivity index (χ0n) is 15.0. The fraction of sp³-hybridized carbons (Fsp3) is 0.632. The minimum atomic E-state index is 0.137. The van der Waals surface area contributed by atoms with E-state index in [4.69, 9.17) is 4.74 Å². The standard InChI is InChI=1S/C19H31N3O2/c1-3-21(4-2)11-12-22(15-17-8-6-5-7-9-17)19(23)14-18-16-24-13-10-20-18/h5-9,18,20H,3-4,10-16H2,1-2H3. The molecule has 1 atom stereocenters. The summed E-state index contributed by atoms with van der Waals surface area (Å²) in [7, 11) is 0. The van der Waals surface area contributed by atoms with Gasteiger partial charge in [0, 0.05) is 38.6 Å². The molecule has 0 aliphatic carbocycles. The highest BCUT2D eigenvalue weighted by molar-refractivity contribution is 5.76. The second-order valence-corrected chi connectivity index (χ2v) is 6.26. The lowest BCUT2D eigenvalue weighted by Crippen LogP contribution is -2.46. The van der Waals surface area contributed by atoms with Crippen LogP contribution in [0.3, 0.4) is 0 Å². The minimum absolute atomic E-state index is 0.137. The second kappa shape index (κ2) is 10.4. The number of morpholine rings is 1. The molecule has 1 unspecified atom stereocenters. The van der Waals surface area contributed by atoms with Gasteiger partial charge in [-0.1, -0.05) is 44.2 Å². The fourth-order valence-corrected chi connectivity index (χ4v) is 2.99. The summed E-state index contributed by atoms with van der Waals surface area (Å²) in [6.07, 6.45) is 0.505. The van der Waals surface area contributed by atoms with Gasteiger partial charge in [-0.15, -0.1) is 0 Å². The van der Waals surface area contributed by atoms with Gasteiger partial charge in [-0.05, 0) is 18.7 Å². The van der Waals surface area contributed by atoms with Gasteiger partial charge in [-0.2, -0.15) is 0 Å². The minimum Gasteiger partial charge on any atom is -0.378 e. The molecule has 0 bridgehead atoms. The molecule has 5 heteroatoms. The lowest BCUT2D eigenvalue weighted by molar-refractivity contribution is -0.133. The Bertz CT molecular complexity index is 471. The van der Waals surface area contributed by atoms with E-state index in [2.05, 4.69) is 36.2 Å². The Morgan fingerprint density at radius 2 is 1.96 bits per heavy atom. The van der Waals surface area contributed by atoms with Crippen molar-refractivity contribution >= 4 is 5.91 Å². The largest absolute Gasteiger partial charge is 0.378 e. The van der Waals surface area contributed by atoms with Gasteiger partial charge in [0.05, 0.1) is 13.2 Å². The summed E-state index contributed by atoms with van der Waals surface area (Å²) in [5.41, 5.74) is 1.18. The first-order chi connectivity index (χ1) is 11.7. The molecule has 1 heterocycles. The van der Waals surface area contributed by atoms with Crippen molar-refractivity contribution in [2.75, 3.05) is 45.9 Å². The smallest absolute Gasteiger partial charge is 0.224 e. The number of hydrogen-bond acceptors (Lipinski definition) is 4. The number of hydrogen-bond donors (Lipinski definition) is 1. The molecule has 1 aliphatic rings. The van der Waals surface area contributed by atoms with E-state index in [1.165, 1.54) is 5.56 Å². The third-order valence-electron chi connectivity index (χ3n) is 4.57. The summed E-state index contributed by atoms with van der Waals surface area (Å²) in [6, 6.07) is 10.4. The van der Waals surface area contributed by atoms with Crippen LogP contribution >= 0.6 is 0 Å². The highest BCUT2D eigenvalue weighted by atomic mass is 16.5. The summed E-state index contributed by atoms with van der Waals surface area (Å²) >= 11 is 0. The first kappa shape index (κ1) is 18.9. The maximum absolute atomic E-state index is 12.8. The van der Waals surface area contributed by atoms with Crippen molar-refractivity contribution in [2.45, 2.75) is 32.9 Å². The number of nitrogens with zero attached hydrogens (tertiary/aromatic N) is 2. The number of likely N-dealkylation sites (N-methyl/N-ethyl adjacent to an activating group) is 1. The van der Waals surface area contributed by atoms with E-state index >= 15 is 0 Å².